The Hall–Kier alpha value is -1.06. The number of rotatable bonds is 12. The van der Waals surface area contributed by atoms with Gasteiger partial charge in [0, 0.05) is 6.42 Å². The molecule has 0 bridgehead atoms. The van der Waals surface area contributed by atoms with Crippen molar-refractivity contribution >= 4 is 11.9 Å². The van der Waals surface area contributed by atoms with Gasteiger partial charge in [0.2, 0.25) is 0 Å². The van der Waals surface area contributed by atoms with Gasteiger partial charge in [-0.3, -0.25) is 9.59 Å². The largest absolute Gasteiger partial charge is 0.463 e. The van der Waals surface area contributed by atoms with Crippen molar-refractivity contribution in [3.05, 3.63) is 0 Å². The number of hydrogen-bond acceptors (Lipinski definition) is 4. The summed E-state index contributed by atoms with van der Waals surface area (Å²) in [6.45, 7) is 9.61. The van der Waals surface area contributed by atoms with Crippen molar-refractivity contribution in [2.24, 2.45) is 5.92 Å². The lowest BCUT2D eigenvalue weighted by molar-refractivity contribution is -0.153. The molecule has 0 saturated carbocycles. The van der Waals surface area contributed by atoms with Crippen LogP contribution in [0.25, 0.3) is 0 Å². The highest BCUT2D eigenvalue weighted by Gasteiger charge is 2.20. The molecule has 1 unspecified atom stereocenters. The van der Waals surface area contributed by atoms with Crippen LogP contribution in [-0.2, 0) is 19.1 Å². The van der Waals surface area contributed by atoms with Crippen molar-refractivity contribution in [2.75, 3.05) is 0 Å². The number of unbranched alkanes of at least 4 members (excludes halogenated alkanes) is 3. The molecule has 22 heavy (non-hydrogen) atoms. The summed E-state index contributed by atoms with van der Waals surface area (Å²) in [7, 11) is 0. The first-order valence-electron chi connectivity index (χ1n) is 8.76. The molecule has 0 aliphatic carbocycles. The second-order valence-electron chi connectivity index (χ2n) is 6.46. The number of carbonyl (C=O) groups is 2. The van der Waals surface area contributed by atoms with Gasteiger partial charge in [0.05, 0.1) is 18.1 Å². The van der Waals surface area contributed by atoms with Crippen LogP contribution in [0.4, 0.5) is 0 Å². The van der Waals surface area contributed by atoms with Gasteiger partial charge in [-0.05, 0) is 47.0 Å². The van der Waals surface area contributed by atoms with E-state index in [0.29, 0.717) is 6.42 Å². The van der Waals surface area contributed by atoms with Gasteiger partial charge in [-0.25, -0.2) is 0 Å². The van der Waals surface area contributed by atoms with E-state index in [4.69, 9.17) is 9.47 Å². The van der Waals surface area contributed by atoms with Crippen LogP contribution in [0, 0.1) is 5.92 Å². The van der Waals surface area contributed by atoms with E-state index in [9.17, 15) is 9.59 Å². The van der Waals surface area contributed by atoms with E-state index >= 15 is 0 Å². The Balaban J connectivity index is 3.97. The fourth-order valence-electron chi connectivity index (χ4n) is 2.32. The van der Waals surface area contributed by atoms with E-state index in [-0.39, 0.29) is 30.1 Å². The summed E-state index contributed by atoms with van der Waals surface area (Å²) < 4.78 is 10.4. The standard InChI is InChI=1S/C18H34O4/c1-6-7-11-16(18(20)22-15(4)5)12-9-8-10-13-17(19)21-14(2)3/h14-16H,6-13H2,1-5H3. The zero-order chi connectivity index (χ0) is 17.0. The third kappa shape index (κ3) is 11.6. The SMILES string of the molecule is CCCCC(CCCCCC(=O)OC(C)C)C(=O)OC(C)C. The maximum Gasteiger partial charge on any atom is 0.309 e. The summed E-state index contributed by atoms with van der Waals surface area (Å²) in [4.78, 5) is 23.5. The lowest BCUT2D eigenvalue weighted by Gasteiger charge is -2.17. The Bertz CT molecular complexity index is 310. The zero-order valence-electron chi connectivity index (χ0n) is 15.0. The Kier molecular flexibility index (Phi) is 11.9. The average Bonchev–Trinajstić information content (AvgIpc) is 2.40. The Morgan fingerprint density at radius 2 is 1.41 bits per heavy atom. The minimum Gasteiger partial charge on any atom is -0.463 e. The number of ether oxygens (including phenoxy) is 2. The minimum atomic E-state index is -0.128. The number of esters is 2. The highest BCUT2D eigenvalue weighted by atomic mass is 16.5. The molecule has 0 rings (SSSR count). The van der Waals surface area contributed by atoms with Crippen molar-refractivity contribution in [3.8, 4) is 0 Å². The van der Waals surface area contributed by atoms with Crippen molar-refractivity contribution in [1.82, 2.24) is 0 Å². The van der Waals surface area contributed by atoms with E-state index < -0.39 is 0 Å². The van der Waals surface area contributed by atoms with Gasteiger partial charge in [-0.1, -0.05) is 32.6 Å². The smallest absolute Gasteiger partial charge is 0.309 e. The molecule has 0 fully saturated rings. The van der Waals surface area contributed by atoms with E-state index in [1.165, 1.54) is 0 Å². The molecule has 0 aliphatic rings. The average molecular weight is 314 g/mol. The molecule has 0 heterocycles. The van der Waals surface area contributed by atoms with Crippen LogP contribution in [-0.4, -0.2) is 24.1 Å². The molecule has 1 atom stereocenters. The summed E-state index contributed by atoms with van der Waals surface area (Å²) in [5.74, 6) is -0.190. The molecule has 0 aromatic heterocycles. The molecule has 130 valence electrons. The fourth-order valence-corrected chi connectivity index (χ4v) is 2.32. The van der Waals surface area contributed by atoms with Crippen LogP contribution in [0.3, 0.4) is 0 Å². The lowest BCUT2D eigenvalue weighted by Crippen LogP contribution is -2.21. The summed E-state index contributed by atoms with van der Waals surface area (Å²) in [6, 6.07) is 0. The van der Waals surface area contributed by atoms with E-state index in [0.717, 1.165) is 44.9 Å². The van der Waals surface area contributed by atoms with Gasteiger partial charge in [0.1, 0.15) is 0 Å². The molecule has 0 amide bonds. The summed E-state index contributed by atoms with van der Waals surface area (Å²) >= 11 is 0. The van der Waals surface area contributed by atoms with Crippen LogP contribution in [0.15, 0.2) is 0 Å². The fraction of sp³-hybridized carbons (Fsp3) is 0.889. The molecule has 0 spiro atoms. The molecule has 4 nitrogen and oxygen atoms in total. The highest BCUT2D eigenvalue weighted by molar-refractivity contribution is 5.72. The molecule has 4 heteroatoms. The van der Waals surface area contributed by atoms with Crippen molar-refractivity contribution in [3.63, 3.8) is 0 Å². The first-order chi connectivity index (χ1) is 10.4. The third-order valence-electron chi connectivity index (χ3n) is 3.39. The van der Waals surface area contributed by atoms with Crippen LogP contribution in [0.5, 0.6) is 0 Å². The molecule has 0 saturated heterocycles. The molecule has 0 N–H and O–H groups in total. The monoisotopic (exact) mass is 314 g/mol. The summed E-state index contributed by atoms with van der Waals surface area (Å²) in [5, 5.41) is 0. The highest BCUT2D eigenvalue weighted by Crippen LogP contribution is 2.19. The van der Waals surface area contributed by atoms with Crippen molar-refractivity contribution < 1.29 is 19.1 Å². The molecule has 0 radical (unpaired) electrons. The van der Waals surface area contributed by atoms with Crippen LogP contribution in [0.2, 0.25) is 0 Å². The molecule has 0 aliphatic heterocycles. The van der Waals surface area contributed by atoms with E-state index in [1.54, 1.807) is 0 Å². The van der Waals surface area contributed by atoms with Gasteiger partial charge in [-0.2, -0.15) is 0 Å². The van der Waals surface area contributed by atoms with Gasteiger partial charge < -0.3 is 9.47 Å². The van der Waals surface area contributed by atoms with E-state index in [1.807, 2.05) is 27.7 Å². The van der Waals surface area contributed by atoms with Crippen molar-refractivity contribution in [2.45, 2.75) is 98.2 Å². The van der Waals surface area contributed by atoms with Gasteiger partial charge in [-0.15, -0.1) is 0 Å². The van der Waals surface area contributed by atoms with Gasteiger partial charge in [0.25, 0.3) is 0 Å². The van der Waals surface area contributed by atoms with Crippen LogP contribution >= 0.6 is 0 Å². The predicted octanol–water partition coefficient (Wildman–Crippen LogP) is 4.65. The van der Waals surface area contributed by atoms with Crippen LogP contribution < -0.4 is 0 Å². The minimum absolute atomic E-state index is 0.00460. The Labute approximate surface area is 135 Å². The molecular weight excluding hydrogens is 280 g/mol. The Morgan fingerprint density at radius 3 is 1.95 bits per heavy atom. The second kappa shape index (κ2) is 12.5. The summed E-state index contributed by atoms with van der Waals surface area (Å²) in [6.07, 6.45) is 6.99. The lowest BCUT2D eigenvalue weighted by atomic mass is 9.95. The number of hydrogen-bond donors (Lipinski definition) is 0. The quantitative estimate of drug-likeness (QED) is 0.389. The maximum absolute atomic E-state index is 12.1. The van der Waals surface area contributed by atoms with E-state index in [2.05, 4.69) is 6.92 Å². The van der Waals surface area contributed by atoms with Crippen LogP contribution in [0.1, 0.15) is 86.0 Å². The molecular formula is C18H34O4. The molecule has 0 aromatic rings. The predicted molar refractivity (Wildman–Crippen MR) is 88.6 cm³/mol. The van der Waals surface area contributed by atoms with Crippen molar-refractivity contribution in [1.29, 1.82) is 0 Å². The zero-order valence-corrected chi connectivity index (χ0v) is 15.0. The Morgan fingerprint density at radius 1 is 0.818 bits per heavy atom. The topological polar surface area (TPSA) is 52.6 Å². The number of carbonyl (C=O) groups excluding carboxylic acids is 2. The maximum atomic E-state index is 12.1. The first kappa shape index (κ1) is 20.9. The van der Waals surface area contributed by atoms with Gasteiger partial charge >= 0.3 is 11.9 Å². The second-order valence-corrected chi connectivity index (χ2v) is 6.46. The first-order valence-corrected chi connectivity index (χ1v) is 8.76. The van der Waals surface area contributed by atoms with Gasteiger partial charge in [0.15, 0.2) is 0 Å². The summed E-state index contributed by atoms with van der Waals surface area (Å²) in [5.41, 5.74) is 0. The third-order valence-corrected chi connectivity index (χ3v) is 3.39. The molecule has 0 aromatic carbocycles. The normalized spacial score (nSPS) is 12.5.